The Kier molecular flexibility index (Phi) is 2.57. The Morgan fingerprint density at radius 2 is 1.92 bits per heavy atom. The van der Waals surface area contributed by atoms with Gasteiger partial charge in [0.25, 0.3) is 0 Å². The topological polar surface area (TPSA) is 60.7 Å². The van der Waals surface area contributed by atoms with Gasteiger partial charge in [-0.3, -0.25) is 0 Å². The number of phenolic OH excluding ortho intramolecular Hbond substituents is 1. The highest BCUT2D eigenvalue weighted by molar-refractivity contribution is 6.62. The highest BCUT2D eigenvalue weighted by Gasteiger charge is 2.22. The first-order valence-electron chi connectivity index (χ1n) is 3.07. The molecule has 0 aliphatic heterocycles. The molecule has 0 saturated carbocycles. The van der Waals surface area contributed by atoms with E-state index in [4.69, 9.17) is 26.8 Å². The van der Waals surface area contributed by atoms with Crippen LogP contribution in [0.2, 0.25) is 5.02 Å². The molecule has 1 aromatic carbocycles. The summed E-state index contributed by atoms with van der Waals surface area (Å²) < 4.78 is 12.9. The van der Waals surface area contributed by atoms with Gasteiger partial charge in [-0.15, -0.1) is 0 Å². The summed E-state index contributed by atoms with van der Waals surface area (Å²) in [5.74, 6) is -1.78. The molecule has 0 radical (unpaired) electrons. The maximum absolute atomic E-state index is 12.9. The molecular weight excluding hydrogens is 185 g/mol. The average Bonchev–Trinajstić information content (AvgIpc) is 1.97. The third kappa shape index (κ3) is 1.53. The number of aromatic hydroxyl groups is 1. The second-order valence-corrected chi connectivity index (χ2v) is 2.58. The van der Waals surface area contributed by atoms with Gasteiger partial charge in [0.1, 0.15) is 0 Å². The lowest BCUT2D eigenvalue weighted by molar-refractivity contribution is 0.413. The van der Waals surface area contributed by atoms with Crippen LogP contribution in [-0.4, -0.2) is 22.3 Å². The van der Waals surface area contributed by atoms with Crippen molar-refractivity contribution in [3.05, 3.63) is 23.0 Å². The standard InChI is InChI=1S/C6H5BClFO3/c8-3-1-2-4(10)6(9)5(3)7(11)12/h1-2,10-12H. The van der Waals surface area contributed by atoms with Crippen molar-refractivity contribution in [2.45, 2.75) is 0 Å². The third-order valence-corrected chi connectivity index (χ3v) is 1.69. The van der Waals surface area contributed by atoms with Crippen LogP contribution in [0.1, 0.15) is 0 Å². The Morgan fingerprint density at radius 3 is 2.33 bits per heavy atom. The van der Waals surface area contributed by atoms with Gasteiger partial charge in [0, 0.05) is 10.5 Å². The van der Waals surface area contributed by atoms with E-state index in [1.165, 1.54) is 6.07 Å². The van der Waals surface area contributed by atoms with Crippen LogP contribution < -0.4 is 5.46 Å². The summed E-state index contributed by atoms with van der Waals surface area (Å²) in [5.41, 5.74) is -0.517. The Morgan fingerprint density at radius 1 is 1.33 bits per heavy atom. The van der Waals surface area contributed by atoms with Gasteiger partial charge in [0.2, 0.25) is 0 Å². The summed E-state index contributed by atoms with van der Waals surface area (Å²) in [6.07, 6.45) is 0. The lowest BCUT2D eigenvalue weighted by Gasteiger charge is -2.04. The summed E-state index contributed by atoms with van der Waals surface area (Å²) >= 11 is 5.43. The zero-order chi connectivity index (χ0) is 9.30. The van der Waals surface area contributed by atoms with E-state index in [-0.39, 0.29) is 5.02 Å². The van der Waals surface area contributed by atoms with Crippen molar-refractivity contribution >= 4 is 24.2 Å². The predicted octanol–water partition coefficient (Wildman–Crippen LogP) is -0.136. The SMILES string of the molecule is OB(O)c1c(Cl)ccc(O)c1F. The van der Waals surface area contributed by atoms with Crippen LogP contribution in [-0.2, 0) is 0 Å². The van der Waals surface area contributed by atoms with Crippen molar-refractivity contribution in [1.29, 1.82) is 0 Å². The molecule has 1 rings (SSSR count). The van der Waals surface area contributed by atoms with Gasteiger partial charge in [-0.1, -0.05) is 11.6 Å². The number of benzene rings is 1. The van der Waals surface area contributed by atoms with E-state index < -0.39 is 24.1 Å². The van der Waals surface area contributed by atoms with E-state index in [0.717, 1.165) is 6.07 Å². The van der Waals surface area contributed by atoms with Crippen molar-refractivity contribution in [3.8, 4) is 5.75 Å². The van der Waals surface area contributed by atoms with Crippen molar-refractivity contribution in [3.63, 3.8) is 0 Å². The molecule has 6 heteroatoms. The summed E-state index contributed by atoms with van der Waals surface area (Å²) in [7, 11) is -2.02. The zero-order valence-corrected chi connectivity index (χ0v) is 6.59. The molecule has 0 saturated heterocycles. The molecule has 3 N–H and O–H groups in total. The molecule has 0 aromatic heterocycles. The van der Waals surface area contributed by atoms with E-state index in [9.17, 15) is 4.39 Å². The first-order chi connectivity index (χ1) is 5.54. The summed E-state index contributed by atoms with van der Waals surface area (Å²) in [5, 5.41) is 25.9. The summed E-state index contributed by atoms with van der Waals surface area (Å²) in [4.78, 5) is 0. The first kappa shape index (κ1) is 9.31. The second kappa shape index (κ2) is 3.31. The van der Waals surface area contributed by atoms with Gasteiger partial charge < -0.3 is 15.2 Å². The van der Waals surface area contributed by atoms with Crippen molar-refractivity contribution in [2.24, 2.45) is 0 Å². The number of hydrogen-bond acceptors (Lipinski definition) is 3. The molecule has 0 amide bonds. The Labute approximate surface area is 73.2 Å². The molecule has 64 valence electrons. The first-order valence-corrected chi connectivity index (χ1v) is 3.45. The van der Waals surface area contributed by atoms with E-state index in [2.05, 4.69) is 0 Å². The minimum Gasteiger partial charge on any atom is -0.505 e. The van der Waals surface area contributed by atoms with E-state index in [1.807, 2.05) is 0 Å². The Balaban J connectivity index is 3.33. The molecule has 0 aliphatic rings. The van der Waals surface area contributed by atoms with Gasteiger partial charge >= 0.3 is 7.12 Å². The van der Waals surface area contributed by atoms with Crippen LogP contribution in [0.25, 0.3) is 0 Å². The fourth-order valence-corrected chi connectivity index (χ4v) is 1.04. The maximum atomic E-state index is 12.9. The highest BCUT2D eigenvalue weighted by Crippen LogP contribution is 2.17. The van der Waals surface area contributed by atoms with E-state index in [0.29, 0.717) is 0 Å². The van der Waals surface area contributed by atoms with Crippen LogP contribution >= 0.6 is 11.6 Å². The number of phenols is 1. The van der Waals surface area contributed by atoms with Crippen molar-refractivity contribution < 1.29 is 19.5 Å². The monoisotopic (exact) mass is 190 g/mol. The van der Waals surface area contributed by atoms with Gasteiger partial charge in [-0.05, 0) is 12.1 Å². The summed E-state index contributed by atoms with van der Waals surface area (Å²) in [6, 6.07) is 2.21. The molecule has 0 heterocycles. The van der Waals surface area contributed by atoms with Gasteiger partial charge in [-0.2, -0.15) is 0 Å². The fraction of sp³-hybridized carbons (Fsp3) is 0. The minimum absolute atomic E-state index is 0.139. The minimum atomic E-state index is -2.02. The number of rotatable bonds is 1. The van der Waals surface area contributed by atoms with E-state index in [1.54, 1.807) is 0 Å². The number of hydrogen-bond donors (Lipinski definition) is 3. The molecular formula is C6H5BClFO3. The molecule has 0 unspecified atom stereocenters. The molecule has 0 atom stereocenters. The largest absolute Gasteiger partial charge is 0.505 e. The number of halogens is 2. The van der Waals surface area contributed by atoms with Crippen LogP contribution in [0.15, 0.2) is 12.1 Å². The Bertz CT molecular complexity index is 305. The van der Waals surface area contributed by atoms with Crippen LogP contribution in [0.4, 0.5) is 4.39 Å². The normalized spacial score (nSPS) is 10.0. The van der Waals surface area contributed by atoms with Crippen LogP contribution in [0.3, 0.4) is 0 Å². The van der Waals surface area contributed by atoms with Crippen LogP contribution in [0.5, 0.6) is 5.75 Å². The fourth-order valence-electron chi connectivity index (χ4n) is 0.795. The second-order valence-electron chi connectivity index (χ2n) is 2.17. The lowest BCUT2D eigenvalue weighted by Crippen LogP contribution is -2.33. The molecule has 1 aromatic rings. The van der Waals surface area contributed by atoms with Crippen molar-refractivity contribution in [2.75, 3.05) is 0 Å². The summed E-state index contributed by atoms with van der Waals surface area (Å²) in [6.45, 7) is 0. The lowest BCUT2D eigenvalue weighted by atomic mass is 9.79. The van der Waals surface area contributed by atoms with Gasteiger partial charge in [0.05, 0.1) is 0 Å². The zero-order valence-electron chi connectivity index (χ0n) is 5.83. The molecule has 0 spiro atoms. The van der Waals surface area contributed by atoms with Gasteiger partial charge in [-0.25, -0.2) is 4.39 Å². The third-order valence-electron chi connectivity index (χ3n) is 1.36. The molecule has 3 nitrogen and oxygen atoms in total. The smallest absolute Gasteiger partial charge is 0.493 e. The molecule has 0 aliphatic carbocycles. The molecule has 0 fully saturated rings. The average molecular weight is 190 g/mol. The highest BCUT2D eigenvalue weighted by atomic mass is 35.5. The molecule has 0 bridgehead atoms. The predicted molar refractivity (Wildman–Crippen MR) is 42.9 cm³/mol. The van der Waals surface area contributed by atoms with Gasteiger partial charge in [0.15, 0.2) is 11.6 Å². The van der Waals surface area contributed by atoms with Crippen LogP contribution in [0, 0.1) is 5.82 Å². The molecule has 12 heavy (non-hydrogen) atoms. The quantitative estimate of drug-likeness (QED) is 0.540. The van der Waals surface area contributed by atoms with E-state index >= 15 is 0 Å². The Hall–Kier alpha value is -0.775. The maximum Gasteiger partial charge on any atom is 0.493 e. The van der Waals surface area contributed by atoms with Crippen molar-refractivity contribution in [1.82, 2.24) is 0 Å².